The van der Waals surface area contributed by atoms with Crippen molar-refractivity contribution < 1.29 is 19.1 Å². The molecule has 1 aromatic heterocycles. The van der Waals surface area contributed by atoms with Crippen LogP contribution in [0.5, 0.6) is 0 Å². The van der Waals surface area contributed by atoms with Crippen molar-refractivity contribution in [3.05, 3.63) is 23.7 Å². The van der Waals surface area contributed by atoms with Gasteiger partial charge in [0.15, 0.2) is 5.76 Å². The first kappa shape index (κ1) is 13.0. The van der Waals surface area contributed by atoms with E-state index in [1.807, 2.05) is 11.8 Å². The lowest BCUT2D eigenvalue weighted by molar-refractivity contribution is 0.0648. The van der Waals surface area contributed by atoms with Crippen LogP contribution >= 0.6 is 11.8 Å². The minimum absolute atomic E-state index is 0.0239. The van der Waals surface area contributed by atoms with E-state index in [0.717, 1.165) is 5.75 Å². The van der Waals surface area contributed by atoms with Crippen molar-refractivity contribution in [1.29, 1.82) is 0 Å². The van der Waals surface area contributed by atoms with Gasteiger partial charge in [-0.2, -0.15) is 11.8 Å². The Morgan fingerprint density at radius 1 is 1.39 bits per heavy atom. The molecule has 0 aromatic carbocycles. The molecule has 1 fully saturated rings. The molecule has 1 aliphatic heterocycles. The minimum Gasteiger partial charge on any atom is -0.475 e. The highest BCUT2D eigenvalue weighted by molar-refractivity contribution is 8.00. The molecule has 18 heavy (non-hydrogen) atoms. The number of hydrogen-bond donors (Lipinski definition) is 1. The Hall–Kier alpha value is -1.43. The highest BCUT2D eigenvalue weighted by Crippen LogP contribution is 2.30. The molecule has 0 spiro atoms. The first-order valence-corrected chi connectivity index (χ1v) is 6.64. The fourth-order valence-electron chi connectivity index (χ4n) is 1.91. The second kappa shape index (κ2) is 4.68. The Kier molecular flexibility index (Phi) is 3.38. The monoisotopic (exact) mass is 269 g/mol. The molecule has 2 rings (SSSR count). The van der Waals surface area contributed by atoms with Gasteiger partial charge in [0.05, 0.1) is 0 Å². The summed E-state index contributed by atoms with van der Waals surface area (Å²) >= 11 is 1.83. The molecule has 0 radical (unpaired) electrons. The summed E-state index contributed by atoms with van der Waals surface area (Å²) in [5, 5.41) is 8.75. The summed E-state index contributed by atoms with van der Waals surface area (Å²) in [6.07, 6.45) is 0. The zero-order valence-electron chi connectivity index (χ0n) is 10.3. The largest absolute Gasteiger partial charge is 0.475 e. The van der Waals surface area contributed by atoms with Crippen molar-refractivity contribution in [2.75, 3.05) is 18.8 Å². The number of carboxylic acids is 1. The van der Waals surface area contributed by atoms with Crippen LogP contribution in [0.25, 0.3) is 0 Å². The number of carboxylic acid groups (broad SMARTS) is 1. The summed E-state index contributed by atoms with van der Waals surface area (Å²) in [6.45, 7) is 5.47. The van der Waals surface area contributed by atoms with Crippen molar-refractivity contribution in [2.24, 2.45) is 0 Å². The van der Waals surface area contributed by atoms with Crippen LogP contribution in [0.2, 0.25) is 0 Å². The van der Waals surface area contributed by atoms with E-state index in [1.54, 1.807) is 4.90 Å². The van der Waals surface area contributed by atoms with Gasteiger partial charge in [0, 0.05) is 23.6 Å². The van der Waals surface area contributed by atoms with Gasteiger partial charge in [0.2, 0.25) is 5.76 Å². The summed E-state index contributed by atoms with van der Waals surface area (Å²) in [6, 6.07) is 2.72. The number of hydrogen-bond acceptors (Lipinski definition) is 4. The third kappa shape index (κ3) is 2.69. The Labute approximate surface area is 109 Å². The standard InChI is InChI=1S/C12H15NO4S/c1-12(2)7-13(5-6-18-12)10(14)8-3-4-9(17-8)11(15)16/h3-4H,5-7H2,1-2H3,(H,15,16). The molecule has 1 N–H and O–H groups in total. The number of thioether (sulfide) groups is 1. The van der Waals surface area contributed by atoms with Crippen molar-refractivity contribution in [1.82, 2.24) is 4.90 Å². The van der Waals surface area contributed by atoms with Gasteiger partial charge in [-0.25, -0.2) is 4.79 Å². The van der Waals surface area contributed by atoms with Crippen LogP contribution in [0, 0.1) is 0 Å². The third-order valence-corrected chi connectivity index (χ3v) is 4.04. The van der Waals surface area contributed by atoms with Gasteiger partial charge in [-0.1, -0.05) is 0 Å². The molecule has 0 bridgehead atoms. The van der Waals surface area contributed by atoms with E-state index in [9.17, 15) is 9.59 Å². The SMILES string of the molecule is CC1(C)CN(C(=O)c2ccc(C(=O)O)o2)CCS1. The molecule has 1 aliphatic rings. The lowest BCUT2D eigenvalue weighted by Crippen LogP contribution is -2.46. The summed E-state index contributed by atoms with van der Waals surface area (Å²) in [4.78, 5) is 24.6. The molecule has 1 saturated heterocycles. The van der Waals surface area contributed by atoms with Gasteiger partial charge in [-0.05, 0) is 26.0 Å². The normalized spacial score (nSPS) is 18.7. The van der Waals surface area contributed by atoms with E-state index in [-0.39, 0.29) is 22.2 Å². The van der Waals surface area contributed by atoms with Gasteiger partial charge in [0.1, 0.15) is 0 Å². The fraction of sp³-hybridized carbons (Fsp3) is 0.500. The Morgan fingerprint density at radius 2 is 2.06 bits per heavy atom. The molecule has 5 nitrogen and oxygen atoms in total. The van der Waals surface area contributed by atoms with Crippen molar-refractivity contribution in [2.45, 2.75) is 18.6 Å². The third-order valence-electron chi connectivity index (χ3n) is 2.74. The zero-order valence-corrected chi connectivity index (χ0v) is 11.1. The highest BCUT2D eigenvalue weighted by Gasteiger charge is 2.31. The molecule has 1 amide bonds. The molecule has 0 unspecified atom stereocenters. The van der Waals surface area contributed by atoms with E-state index in [0.29, 0.717) is 13.1 Å². The molecule has 6 heteroatoms. The van der Waals surface area contributed by atoms with Crippen LogP contribution in [0.1, 0.15) is 35.0 Å². The highest BCUT2D eigenvalue weighted by atomic mass is 32.2. The predicted molar refractivity (Wildman–Crippen MR) is 68.1 cm³/mol. The van der Waals surface area contributed by atoms with Crippen molar-refractivity contribution in [3.63, 3.8) is 0 Å². The minimum atomic E-state index is -1.16. The zero-order chi connectivity index (χ0) is 13.3. The van der Waals surface area contributed by atoms with E-state index >= 15 is 0 Å². The number of furan rings is 1. The average molecular weight is 269 g/mol. The van der Waals surface area contributed by atoms with Crippen LogP contribution < -0.4 is 0 Å². The first-order chi connectivity index (χ1) is 8.39. The maximum atomic E-state index is 12.2. The summed E-state index contributed by atoms with van der Waals surface area (Å²) in [7, 11) is 0. The molecular formula is C12H15NO4S. The molecule has 0 atom stereocenters. The average Bonchev–Trinajstić information content (AvgIpc) is 2.76. The molecule has 98 valence electrons. The molecule has 1 aromatic rings. The second-order valence-electron chi connectivity index (χ2n) is 4.80. The van der Waals surface area contributed by atoms with Gasteiger partial charge < -0.3 is 14.4 Å². The van der Waals surface area contributed by atoms with Crippen molar-refractivity contribution in [3.8, 4) is 0 Å². The quantitative estimate of drug-likeness (QED) is 0.888. The van der Waals surface area contributed by atoms with Gasteiger partial charge in [0.25, 0.3) is 5.91 Å². The van der Waals surface area contributed by atoms with Gasteiger partial charge in [-0.15, -0.1) is 0 Å². The Bertz CT molecular complexity index is 480. The number of amides is 1. The van der Waals surface area contributed by atoms with E-state index < -0.39 is 5.97 Å². The van der Waals surface area contributed by atoms with Crippen LogP contribution in [-0.4, -0.2) is 45.5 Å². The number of nitrogens with zero attached hydrogens (tertiary/aromatic N) is 1. The van der Waals surface area contributed by atoms with Crippen LogP contribution in [0.4, 0.5) is 0 Å². The molecule has 0 aliphatic carbocycles. The second-order valence-corrected chi connectivity index (χ2v) is 6.61. The molecular weight excluding hydrogens is 254 g/mol. The van der Waals surface area contributed by atoms with Crippen LogP contribution in [0.3, 0.4) is 0 Å². The van der Waals surface area contributed by atoms with Gasteiger partial charge >= 0.3 is 5.97 Å². The molecule has 0 saturated carbocycles. The number of aromatic carboxylic acids is 1. The topological polar surface area (TPSA) is 70.8 Å². The number of carbonyl (C=O) groups excluding carboxylic acids is 1. The Morgan fingerprint density at radius 3 is 2.61 bits per heavy atom. The van der Waals surface area contributed by atoms with Crippen LogP contribution in [-0.2, 0) is 0 Å². The first-order valence-electron chi connectivity index (χ1n) is 5.65. The predicted octanol–water partition coefficient (Wildman–Crippen LogP) is 1.95. The summed E-state index contributed by atoms with van der Waals surface area (Å²) in [5.41, 5.74) is 0. The maximum absolute atomic E-state index is 12.2. The summed E-state index contributed by atoms with van der Waals surface area (Å²) < 4.78 is 5.05. The Balaban J connectivity index is 2.13. The van der Waals surface area contributed by atoms with Crippen LogP contribution in [0.15, 0.2) is 16.5 Å². The number of rotatable bonds is 2. The fourth-order valence-corrected chi connectivity index (χ4v) is 3.02. The maximum Gasteiger partial charge on any atom is 0.371 e. The summed E-state index contributed by atoms with van der Waals surface area (Å²) in [5.74, 6) is -0.635. The van der Waals surface area contributed by atoms with Gasteiger partial charge in [-0.3, -0.25) is 4.79 Å². The smallest absolute Gasteiger partial charge is 0.371 e. The van der Waals surface area contributed by atoms with Crippen molar-refractivity contribution >= 4 is 23.6 Å². The molecule has 2 heterocycles. The lowest BCUT2D eigenvalue weighted by atomic mass is 10.2. The van der Waals surface area contributed by atoms with E-state index in [4.69, 9.17) is 9.52 Å². The number of carbonyl (C=O) groups is 2. The van der Waals surface area contributed by atoms with E-state index in [2.05, 4.69) is 13.8 Å². The van der Waals surface area contributed by atoms with E-state index in [1.165, 1.54) is 12.1 Å². The lowest BCUT2D eigenvalue weighted by Gasteiger charge is -2.37.